The number of carbonyl (C=O) groups is 1. The van der Waals surface area contributed by atoms with Crippen LogP contribution >= 0.6 is 22.9 Å². The Morgan fingerprint density at radius 1 is 1.35 bits per heavy atom. The van der Waals surface area contributed by atoms with Gasteiger partial charge in [0.2, 0.25) is 0 Å². The fraction of sp³-hybridized carbons (Fsp3) is 0.0714. The fourth-order valence-electron chi connectivity index (χ4n) is 2.03. The Morgan fingerprint density at radius 2 is 2.10 bits per heavy atom. The van der Waals surface area contributed by atoms with Crippen molar-refractivity contribution >= 4 is 34.0 Å². The average Bonchev–Trinajstić information content (AvgIpc) is 2.97. The molecule has 0 bridgehead atoms. The van der Waals surface area contributed by atoms with Gasteiger partial charge in [-0.05, 0) is 23.6 Å². The van der Waals surface area contributed by atoms with E-state index >= 15 is 0 Å². The number of fused-ring (bicyclic) bond motifs is 1. The molecule has 0 saturated heterocycles. The third-order valence-electron chi connectivity index (χ3n) is 2.97. The third-order valence-corrected chi connectivity index (χ3v) is 4.28. The zero-order chi connectivity index (χ0) is 14.1. The smallest absolute Gasteiger partial charge is 0.267 e. The van der Waals surface area contributed by atoms with Gasteiger partial charge in [0.25, 0.3) is 5.91 Å². The van der Waals surface area contributed by atoms with Crippen LogP contribution in [0.5, 0.6) is 0 Å². The molecule has 1 unspecified atom stereocenters. The number of hydrazone groups is 1. The maximum absolute atomic E-state index is 12.5. The monoisotopic (exact) mass is 301 g/mol. The van der Waals surface area contributed by atoms with Crippen LogP contribution in [-0.2, 0) is 0 Å². The van der Waals surface area contributed by atoms with Crippen molar-refractivity contribution in [2.75, 3.05) is 0 Å². The van der Waals surface area contributed by atoms with Crippen molar-refractivity contribution in [1.82, 2.24) is 5.01 Å². The quantitative estimate of drug-likeness (QED) is 0.811. The Balaban J connectivity index is 2.05. The van der Waals surface area contributed by atoms with Crippen LogP contribution in [0.4, 0.5) is 0 Å². The number of nitriles is 1. The van der Waals surface area contributed by atoms with Crippen LogP contribution in [0, 0.1) is 11.3 Å². The minimum atomic E-state index is -0.744. The lowest BCUT2D eigenvalue weighted by atomic mass is 10.1. The van der Waals surface area contributed by atoms with E-state index in [1.807, 2.05) is 11.4 Å². The molecule has 1 aromatic carbocycles. The van der Waals surface area contributed by atoms with Crippen molar-refractivity contribution in [3.63, 3.8) is 0 Å². The Bertz CT molecular complexity index is 732. The molecule has 0 N–H and O–H groups in total. The largest absolute Gasteiger partial charge is 0.275 e. The van der Waals surface area contributed by atoms with Gasteiger partial charge in [-0.25, -0.2) is 5.01 Å². The highest BCUT2D eigenvalue weighted by atomic mass is 35.5. The number of benzene rings is 1. The van der Waals surface area contributed by atoms with Gasteiger partial charge >= 0.3 is 0 Å². The Kier molecular flexibility index (Phi) is 3.26. The van der Waals surface area contributed by atoms with E-state index in [1.54, 1.807) is 30.3 Å². The van der Waals surface area contributed by atoms with E-state index in [0.29, 0.717) is 5.56 Å². The number of amides is 1. The molecule has 4 nitrogen and oxygen atoms in total. The first-order valence-electron chi connectivity index (χ1n) is 5.82. The summed E-state index contributed by atoms with van der Waals surface area (Å²) in [6.45, 7) is 0. The standard InChI is InChI=1S/C14H8ClN3OS/c15-13-12-10(6-7-20-12)11(8-16)18(17-13)14(19)9-4-2-1-3-5-9/h1-7,11H. The van der Waals surface area contributed by atoms with Gasteiger partial charge in [-0.15, -0.1) is 11.3 Å². The van der Waals surface area contributed by atoms with Gasteiger partial charge in [-0.3, -0.25) is 4.79 Å². The summed E-state index contributed by atoms with van der Waals surface area (Å²) in [6, 6.07) is 11.9. The van der Waals surface area contributed by atoms with E-state index in [4.69, 9.17) is 11.6 Å². The maximum Gasteiger partial charge on any atom is 0.275 e. The predicted molar refractivity (Wildman–Crippen MR) is 77.7 cm³/mol. The summed E-state index contributed by atoms with van der Waals surface area (Å²) in [6.07, 6.45) is 0. The molecule has 6 heteroatoms. The first-order chi connectivity index (χ1) is 9.72. The van der Waals surface area contributed by atoms with Gasteiger partial charge in [0.1, 0.15) is 0 Å². The van der Waals surface area contributed by atoms with Gasteiger partial charge < -0.3 is 0 Å². The zero-order valence-electron chi connectivity index (χ0n) is 10.2. The second kappa shape index (κ2) is 5.08. The van der Waals surface area contributed by atoms with Crippen LogP contribution in [0.25, 0.3) is 0 Å². The molecule has 0 radical (unpaired) electrons. The maximum atomic E-state index is 12.5. The molecule has 1 amide bonds. The molecule has 20 heavy (non-hydrogen) atoms. The summed E-state index contributed by atoms with van der Waals surface area (Å²) < 4.78 is 0. The predicted octanol–water partition coefficient (Wildman–Crippen LogP) is 3.37. The molecule has 1 aliphatic heterocycles. The number of thiophene rings is 1. The van der Waals surface area contributed by atoms with E-state index in [9.17, 15) is 10.1 Å². The summed E-state index contributed by atoms with van der Waals surface area (Å²) >= 11 is 7.50. The minimum absolute atomic E-state index is 0.241. The number of nitrogens with zero attached hydrogens (tertiary/aromatic N) is 3. The van der Waals surface area contributed by atoms with E-state index in [1.165, 1.54) is 11.3 Å². The van der Waals surface area contributed by atoms with Crippen LogP contribution in [0.2, 0.25) is 0 Å². The van der Waals surface area contributed by atoms with Crippen LogP contribution in [-0.4, -0.2) is 16.1 Å². The highest BCUT2D eigenvalue weighted by Crippen LogP contribution is 2.34. The van der Waals surface area contributed by atoms with Crippen molar-refractivity contribution in [2.45, 2.75) is 6.04 Å². The molecule has 0 spiro atoms. The SMILES string of the molecule is N#CC1c2ccsc2C(Cl)=NN1C(=O)c1ccccc1. The highest BCUT2D eigenvalue weighted by molar-refractivity contribution is 7.14. The number of rotatable bonds is 1. The molecule has 0 aliphatic carbocycles. The van der Waals surface area contributed by atoms with Crippen LogP contribution in [0.1, 0.15) is 26.8 Å². The molecule has 1 atom stereocenters. The zero-order valence-corrected chi connectivity index (χ0v) is 11.7. The van der Waals surface area contributed by atoms with Crippen molar-refractivity contribution in [3.05, 3.63) is 57.8 Å². The molecule has 2 aromatic rings. The van der Waals surface area contributed by atoms with Crippen LogP contribution in [0.3, 0.4) is 0 Å². The average molecular weight is 302 g/mol. The summed E-state index contributed by atoms with van der Waals surface area (Å²) in [5.74, 6) is -0.341. The molecule has 98 valence electrons. The molecule has 0 fully saturated rings. The van der Waals surface area contributed by atoms with E-state index in [0.717, 1.165) is 15.4 Å². The first kappa shape index (κ1) is 12.9. The lowest BCUT2D eigenvalue weighted by Gasteiger charge is -2.26. The number of hydrogen-bond donors (Lipinski definition) is 0. The second-order valence-corrected chi connectivity index (χ2v) is 5.42. The summed E-state index contributed by atoms with van der Waals surface area (Å²) in [7, 11) is 0. The molecular formula is C14H8ClN3OS. The van der Waals surface area contributed by atoms with Crippen LogP contribution in [0.15, 0.2) is 46.9 Å². The third kappa shape index (κ3) is 1.99. The van der Waals surface area contributed by atoms with E-state index in [-0.39, 0.29) is 11.1 Å². The highest BCUT2D eigenvalue weighted by Gasteiger charge is 2.33. The van der Waals surface area contributed by atoms with Gasteiger partial charge in [0.15, 0.2) is 11.2 Å². The first-order valence-corrected chi connectivity index (χ1v) is 7.08. The van der Waals surface area contributed by atoms with E-state index < -0.39 is 6.04 Å². The lowest BCUT2D eigenvalue weighted by molar-refractivity contribution is 0.0720. The Morgan fingerprint density at radius 3 is 2.80 bits per heavy atom. The Hall–Kier alpha value is -2.16. The van der Waals surface area contributed by atoms with Gasteiger partial charge in [0.05, 0.1) is 10.9 Å². The summed E-state index contributed by atoms with van der Waals surface area (Å²) in [5.41, 5.74) is 1.20. The number of hydrogen-bond acceptors (Lipinski definition) is 4. The lowest BCUT2D eigenvalue weighted by Crippen LogP contribution is -2.33. The fourth-order valence-corrected chi connectivity index (χ4v) is 3.16. The summed E-state index contributed by atoms with van der Waals surface area (Å²) in [4.78, 5) is 13.2. The molecule has 0 saturated carbocycles. The van der Waals surface area contributed by atoms with Crippen molar-refractivity contribution < 1.29 is 4.79 Å². The van der Waals surface area contributed by atoms with E-state index in [2.05, 4.69) is 11.2 Å². The number of halogens is 1. The molecule has 2 heterocycles. The minimum Gasteiger partial charge on any atom is -0.267 e. The van der Waals surface area contributed by atoms with Crippen molar-refractivity contribution in [2.24, 2.45) is 5.10 Å². The Labute approximate surface area is 124 Å². The molecule has 3 rings (SSSR count). The summed E-state index contributed by atoms with van der Waals surface area (Å²) in [5, 5.41) is 16.7. The molecule has 1 aromatic heterocycles. The van der Waals surface area contributed by atoms with Gasteiger partial charge in [-0.1, -0.05) is 29.8 Å². The van der Waals surface area contributed by atoms with Crippen molar-refractivity contribution in [3.8, 4) is 6.07 Å². The number of carbonyl (C=O) groups excluding carboxylic acids is 1. The topological polar surface area (TPSA) is 56.5 Å². The van der Waals surface area contributed by atoms with Gasteiger partial charge in [-0.2, -0.15) is 10.4 Å². The second-order valence-electron chi connectivity index (χ2n) is 4.14. The van der Waals surface area contributed by atoms with Crippen LogP contribution < -0.4 is 0 Å². The molecule has 1 aliphatic rings. The van der Waals surface area contributed by atoms with Gasteiger partial charge in [0, 0.05) is 11.1 Å². The van der Waals surface area contributed by atoms with Crippen molar-refractivity contribution in [1.29, 1.82) is 5.26 Å². The molecular weight excluding hydrogens is 294 g/mol. The normalized spacial score (nSPS) is 17.1.